The van der Waals surface area contributed by atoms with Crippen LogP contribution < -0.4 is 10.1 Å². The Bertz CT molecular complexity index is 446. The summed E-state index contributed by atoms with van der Waals surface area (Å²) in [7, 11) is 1.55. The van der Waals surface area contributed by atoms with Crippen molar-refractivity contribution >= 4 is 11.9 Å². The summed E-state index contributed by atoms with van der Waals surface area (Å²) in [5, 5.41) is 11.5. The van der Waals surface area contributed by atoms with Crippen molar-refractivity contribution < 1.29 is 24.2 Å². The van der Waals surface area contributed by atoms with Crippen LogP contribution in [0.15, 0.2) is 24.3 Å². The van der Waals surface area contributed by atoms with Gasteiger partial charge in [-0.1, -0.05) is 6.07 Å². The van der Waals surface area contributed by atoms with Gasteiger partial charge in [0.15, 0.2) is 6.10 Å². The number of benzene rings is 1. The zero-order valence-corrected chi connectivity index (χ0v) is 10.9. The van der Waals surface area contributed by atoms with E-state index in [9.17, 15) is 9.59 Å². The van der Waals surface area contributed by atoms with Gasteiger partial charge >= 0.3 is 5.97 Å². The standard InChI is InChI=1S/C13H17NO5/c1-9(12(15)14-6-7-18-2)19-11-5-3-4-10(8-11)13(16)17/h3-5,8-9H,6-7H2,1-2H3,(H,14,15)(H,16,17). The molecule has 6 nitrogen and oxygen atoms in total. The molecule has 1 amide bonds. The van der Waals surface area contributed by atoms with Gasteiger partial charge in [-0.25, -0.2) is 4.79 Å². The first-order valence-electron chi connectivity index (χ1n) is 5.81. The molecule has 1 rings (SSSR count). The number of hydrogen-bond acceptors (Lipinski definition) is 4. The van der Waals surface area contributed by atoms with Crippen LogP contribution in [0, 0.1) is 0 Å². The van der Waals surface area contributed by atoms with Gasteiger partial charge in [0, 0.05) is 13.7 Å². The first-order chi connectivity index (χ1) is 9.04. The van der Waals surface area contributed by atoms with Crippen LogP contribution in [0.1, 0.15) is 17.3 Å². The number of aromatic carboxylic acids is 1. The topological polar surface area (TPSA) is 84.9 Å². The number of rotatable bonds is 7. The lowest BCUT2D eigenvalue weighted by molar-refractivity contribution is -0.127. The fourth-order valence-corrected chi connectivity index (χ4v) is 1.38. The predicted molar refractivity (Wildman–Crippen MR) is 68.4 cm³/mol. The van der Waals surface area contributed by atoms with Crippen molar-refractivity contribution in [2.45, 2.75) is 13.0 Å². The van der Waals surface area contributed by atoms with Crippen molar-refractivity contribution in [2.75, 3.05) is 20.3 Å². The SMILES string of the molecule is COCCNC(=O)C(C)Oc1cccc(C(=O)O)c1. The number of hydrogen-bond donors (Lipinski definition) is 2. The van der Waals surface area contributed by atoms with E-state index in [2.05, 4.69) is 5.32 Å². The lowest BCUT2D eigenvalue weighted by Gasteiger charge is -2.14. The summed E-state index contributed by atoms with van der Waals surface area (Å²) in [6, 6.07) is 6.00. The fourth-order valence-electron chi connectivity index (χ4n) is 1.38. The van der Waals surface area contributed by atoms with Crippen molar-refractivity contribution in [1.29, 1.82) is 0 Å². The lowest BCUT2D eigenvalue weighted by atomic mass is 10.2. The van der Waals surface area contributed by atoms with E-state index < -0.39 is 12.1 Å². The molecule has 1 unspecified atom stereocenters. The molecule has 0 fully saturated rings. The number of carboxylic acids is 1. The second-order valence-corrected chi connectivity index (χ2v) is 3.88. The Morgan fingerprint density at radius 2 is 2.16 bits per heavy atom. The number of carbonyl (C=O) groups is 2. The third-order valence-corrected chi connectivity index (χ3v) is 2.37. The van der Waals surface area contributed by atoms with E-state index in [1.807, 2.05) is 0 Å². The average molecular weight is 267 g/mol. The monoisotopic (exact) mass is 267 g/mol. The van der Waals surface area contributed by atoms with Crippen molar-refractivity contribution in [3.8, 4) is 5.75 Å². The quantitative estimate of drug-likeness (QED) is 0.717. The average Bonchev–Trinajstić information content (AvgIpc) is 2.39. The second kappa shape index (κ2) is 7.38. The van der Waals surface area contributed by atoms with Crippen LogP contribution in [0.2, 0.25) is 0 Å². The molecule has 0 bridgehead atoms. The number of carboxylic acid groups (broad SMARTS) is 1. The highest BCUT2D eigenvalue weighted by Gasteiger charge is 2.14. The normalized spacial score (nSPS) is 11.7. The molecule has 19 heavy (non-hydrogen) atoms. The largest absolute Gasteiger partial charge is 0.481 e. The maximum Gasteiger partial charge on any atom is 0.335 e. The molecule has 0 aliphatic carbocycles. The molecule has 0 aliphatic heterocycles. The Morgan fingerprint density at radius 1 is 1.42 bits per heavy atom. The molecule has 2 N–H and O–H groups in total. The molecule has 1 aromatic carbocycles. The van der Waals surface area contributed by atoms with Crippen LogP contribution >= 0.6 is 0 Å². The Labute approximate surface area is 111 Å². The molecule has 104 valence electrons. The van der Waals surface area contributed by atoms with Crippen molar-refractivity contribution in [3.63, 3.8) is 0 Å². The smallest absolute Gasteiger partial charge is 0.335 e. The molecule has 0 heterocycles. The van der Waals surface area contributed by atoms with Gasteiger partial charge in [0.25, 0.3) is 5.91 Å². The number of amides is 1. The van der Waals surface area contributed by atoms with E-state index in [0.717, 1.165) is 0 Å². The molecular formula is C13H17NO5. The lowest BCUT2D eigenvalue weighted by Crippen LogP contribution is -2.37. The fraction of sp³-hybridized carbons (Fsp3) is 0.385. The van der Waals surface area contributed by atoms with E-state index in [4.69, 9.17) is 14.6 Å². The molecule has 0 aliphatic rings. The van der Waals surface area contributed by atoms with E-state index in [1.54, 1.807) is 26.2 Å². The van der Waals surface area contributed by atoms with Crippen molar-refractivity contribution in [2.24, 2.45) is 0 Å². The number of ether oxygens (including phenoxy) is 2. The molecule has 0 radical (unpaired) electrons. The van der Waals surface area contributed by atoms with Crippen LogP contribution in [0.4, 0.5) is 0 Å². The summed E-state index contributed by atoms with van der Waals surface area (Å²) in [4.78, 5) is 22.4. The number of nitrogens with one attached hydrogen (secondary N) is 1. The zero-order valence-electron chi connectivity index (χ0n) is 10.9. The van der Waals surface area contributed by atoms with Gasteiger partial charge in [0.05, 0.1) is 12.2 Å². The number of methoxy groups -OCH3 is 1. The van der Waals surface area contributed by atoms with E-state index in [1.165, 1.54) is 12.1 Å². The second-order valence-electron chi connectivity index (χ2n) is 3.88. The van der Waals surface area contributed by atoms with Crippen LogP contribution in [-0.4, -0.2) is 43.3 Å². The molecule has 0 saturated heterocycles. The molecule has 6 heteroatoms. The van der Waals surface area contributed by atoms with Gasteiger partial charge in [-0.15, -0.1) is 0 Å². The molecular weight excluding hydrogens is 250 g/mol. The van der Waals surface area contributed by atoms with Crippen LogP contribution in [0.3, 0.4) is 0 Å². The minimum Gasteiger partial charge on any atom is -0.481 e. The first-order valence-corrected chi connectivity index (χ1v) is 5.81. The summed E-state index contributed by atoms with van der Waals surface area (Å²) in [5.74, 6) is -0.977. The van der Waals surface area contributed by atoms with Crippen LogP contribution in [0.5, 0.6) is 5.75 Å². The molecule has 0 aromatic heterocycles. The van der Waals surface area contributed by atoms with Gasteiger partial charge in [0.1, 0.15) is 5.75 Å². The van der Waals surface area contributed by atoms with E-state index >= 15 is 0 Å². The van der Waals surface area contributed by atoms with Gasteiger partial charge in [-0.3, -0.25) is 4.79 Å². The van der Waals surface area contributed by atoms with Gasteiger partial charge in [0.2, 0.25) is 0 Å². The van der Waals surface area contributed by atoms with Crippen molar-refractivity contribution in [1.82, 2.24) is 5.32 Å². The first kappa shape index (κ1) is 15.0. The summed E-state index contributed by atoms with van der Waals surface area (Å²) in [6.45, 7) is 2.42. The minimum atomic E-state index is -1.04. The van der Waals surface area contributed by atoms with Crippen molar-refractivity contribution in [3.05, 3.63) is 29.8 Å². The molecule has 1 atom stereocenters. The summed E-state index contributed by atoms with van der Waals surface area (Å²) in [6.07, 6.45) is -0.707. The molecule has 1 aromatic rings. The predicted octanol–water partition coefficient (Wildman–Crippen LogP) is 0.915. The Kier molecular flexibility index (Phi) is 5.81. The summed E-state index contributed by atoms with van der Waals surface area (Å²) < 4.78 is 10.2. The Morgan fingerprint density at radius 3 is 2.79 bits per heavy atom. The van der Waals surface area contributed by atoms with Crippen LogP contribution in [-0.2, 0) is 9.53 Å². The maximum atomic E-state index is 11.6. The zero-order chi connectivity index (χ0) is 14.3. The Balaban J connectivity index is 2.56. The van der Waals surface area contributed by atoms with E-state index in [-0.39, 0.29) is 11.5 Å². The maximum absolute atomic E-state index is 11.6. The molecule has 0 spiro atoms. The van der Waals surface area contributed by atoms with Gasteiger partial charge in [-0.2, -0.15) is 0 Å². The van der Waals surface area contributed by atoms with Gasteiger partial charge in [-0.05, 0) is 25.1 Å². The highest BCUT2D eigenvalue weighted by atomic mass is 16.5. The third-order valence-electron chi connectivity index (χ3n) is 2.37. The third kappa shape index (κ3) is 4.97. The molecule has 0 saturated carbocycles. The minimum absolute atomic E-state index is 0.115. The highest BCUT2D eigenvalue weighted by Crippen LogP contribution is 2.15. The highest BCUT2D eigenvalue weighted by molar-refractivity contribution is 5.88. The summed E-state index contributed by atoms with van der Waals surface area (Å²) in [5.41, 5.74) is 0.115. The summed E-state index contributed by atoms with van der Waals surface area (Å²) >= 11 is 0. The van der Waals surface area contributed by atoms with Gasteiger partial charge < -0.3 is 19.9 Å². The van der Waals surface area contributed by atoms with E-state index in [0.29, 0.717) is 18.9 Å². The van der Waals surface area contributed by atoms with Crippen LogP contribution in [0.25, 0.3) is 0 Å². The Hall–Kier alpha value is -2.08. The number of carbonyl (C=O) groups excluding carboxylic acids is 1.